The minimum Gasteiger partial charge on any atom is -0.493 e. The molecule has 0 aliphatic carbocycles. The van der Waals surface area contributed by atoms with Gasteiger partial charge in [-0.1, -0.05) is 0 Å². The highest BCUT2D eigenvalue weighted by molar-refractivity contribution is 5.30. The Morgan fingerprint density at radius 3 is 2.63 bits per heavy atom. The summed E-state index contributed by atoms with van der Waals surface area (Å²) in [5, 5.41) is 14.9. The molecule has 0 saturated carbocycles. The molecule has 1 heterocycles. The van der Waals surface area contributed by atoms with Crippen molar-refractivity contribution in [3.8, 4) is 5.75 Å². The predicted octanol–water partition coefficient (Wildman–Crippen LogP) is 0.697. The van der Waals surface area contributed by atoms with Crippen molar-refractivity contribution in [1.29, 1.82) is 0 Å². The molecule has 0 fully saturated rings. The molecule has 0 spiro atoms. The molecule has 1 aromatic rings. The first-order chi connectivity index (χ1) is 8.92. The zero-order valence-electron chi connectivity index (χ0n) is 12.5. The van der Waals surface area contributed by atoms with Gasteiger partial charge in [-0.05, 0) is 21.0 Å². The zero-order chi connectivity index (χ0) is 14.5. The van der Waals surface area contributed by atoms with Crippen LogP contribution in [-0.2, 0) is 16.9 Å². The van der Waals surface area contributed by atoms with E-state index in [4.69, 9.17) is 9.47 Å². The van der Waals surface area contributed by atoms with Gasteiger partial charge in [0.1, 0.15) is 11.3 Å². The van der Waals surface area contributed by atoms with E-state index in [0.29, 0.717) is 31.0 Å². The van der Waals surface area contributed by atoms with Crippen molar-refractivity contribution >= 4 is 0 Å². The largest absolute Gasteiger partial charge is 0.493 e. The van der Waals surface area contributed by atoms with Crippen LogP contribution in [-0.4, -0.2) is 61.3 Å². The lowest BCUT2D eigenvalue weighted by Gasteiger charge is -2.25. The fourth-order valence-corrected chi connectivity index (χ4v) is 1.94. The first kappa shape index (κ1) is 15.9. The average molecular weight is 271 g/mol. The van der Waals surface area contributed by atoms with Gasteiger partial charge in [-0.25, -0.2) is 0 Å². The van der Waals surface area contributed by atoms with E-state index < -0.39 is 5.60 Å². The van der Waals surface area contributed by atoms with Crippen LogP contribution in [0.2, 0.25) is 0 Å². The van der Waals surface area contributed by atoms with Gasteiger partial charge in [0.05, 0.1) is 19.9 Å². The van der Waals surface area contributed by atoms with Crippen molar-refractivity contribution in [2.24, 2.45) is 0 Å². The van der Waals surface area contributed by atoms with Crippen LogP contribution in [0, 0.1) is 0 Å². The summed E-state index contributed by atoms with van der Waals surface area (Å²) in [6.45, 7) is 3.79. The maximum absolute atomic E-state index is 10.6. The van der Waals surface area contributed by atoms with Crippen LogP contribution in [0.3, 0.4) is 0 Å². The number of hydrogen-bond acceptors (Lipinski definition) is 5. The van der Waals surface area contributed by atoms with Gasteiger partial charge in [0.15, 0.2) is 5.75 Å². The highest BCUT2D eigenvalue weighted by atomic mass is 16.5. The van der Waals surface area contributed by atoms with Gasteiger partial charge in [0, 0.05) is 26.7 Å². The molecule has 0 bridgehead atoms. The van der Waals surface area contributed by atoms with E-state index >= 15 is 0 Å². The van der Waals surface area contributed by atoms with Crippen LogP contribution < -0.4 is 4.74 Å². The summed E-state index contributed by atoms with van der Waals surface area (Å²) >= 11 is 0. The summed E-state index contributed by atoms with van der Waals surface area (Å²) in [5.41, 5.74) is -0.321. The quantitative estimate of drug-likeness (QED) is 0.754. The van der Waals surface area contributed by atoms with Crippen molar-refractivity contribution in [3.63, 3.8) is 0 Å². The molecule has 1 unspecified atom stereocenters. The molecule has 0 amide bonds. The smallest absolute Gasteiger partial charge is 0.162 e. The van der Waals surface area contributed by atoms with Crippen molar-refractivity contribution in [1.82, 2.24) is 14.7 Å². The summed E-state index contributed by atoms with van der Waals surface area (Å²) in [6, 6.07) is 0. The molecule has 0 saturated heterocycles. The molecule has 0 aromatic carbocycles. The lowest BCUT2D eigenvalue weighted by molar-refractivity contribution is 0.0112. The maximum Gasteiger partial charge on any atom is 0.162 e. The van der Waals surface area contributed by atoms with Crippen LogP contribution in [0.1, 0.15) is 19.0 Å². The molecule has 0 aliphatic rings. The third-order valence-electron chi connectivity index (χ3n) is 3.09. The standard InChI is InChI=1S/C13H25N3O3/c1-13(17,6-9-18-4)12-11(19-5)10-14-16(12)8-7-15(2)3/h10,17H,6-9H2,1-5H3. The Morgan fingerprint density at radius 1 is 1.42 bits per heavy atom. The Kier molecular flexibility index (Phi) is 5.78. The van der Waals surface area contributed by atoms with Crippen molar-refractivity contribution in [3.05, 3.63) is 11.9 Å². The molecule has 110 valence electrons. The first-order valence-corrected chi connectivity index (χ1v) is 6.38. The van der Waals surface area contributed by atoms with Crippen molar-refractivity contribution < 1.29 is 14.6 Å². The Bertz CT molecular complexity index is 388. The van der Waals surface area contributed by atoms with E-state index in [0.717, 1.165) is 6.54 Å². The molecular formula is C13H25N3O3. The van der Waals surface area contributed by atoms with Crippen LogP contribution >= 0.6 is 0 Å². The average Bonchev–Trinajstić information content (AvgIpc) is 2.77. The van der Waals surface area contributed by atoms with Gasteiger partial charge in [-0.15, -0.1) is 0 Å². The normalized spacial score (nSPS) is 14.7. The van der Waals surface area contributed by atoms with Crippen LogP contribution in [0.5, 0.6) is 5.75 Å². The van der Waals surface area contributed by atoms with Gasteiger partial charge in [0.2, 0.25) is 0 Å². The first-order valence-electron chi connectivity index (χ1n) is 6.38. The molecule has 0 radical (unpaired) electrons. The van der Waals surface area contributed by atoms with Crippen LogP contribution in [0.4, 0.5) is 0 Å². The van der Waals surface area contributed by atoms with Gasteiger partial charge in [-0.2, -0.15) is 5.10 Å². The summed E-state index contributed by atoms with van der Waals surface area (Å²) < 4.78 is 12.2. The van der Waals surface area contributed by atoms with Crippen molar-refractivity contribution in [2.45, 2.75) is 25.5 Å². The highest BCUT2D eigenvalue weighted by Crippen LogP contribution is 2.32. The van der Waals surface area contributed by atoms with Gasteiger partial charge in [0.25, 0.3) is 0 Å². The molecule has 6 heteroatoms. The zero-order valence-corrected chi connectivity index (χ0v) is 12.5. The monoisotopic (exact) mass is 271 g/mol. The van der Waals surface area contributed by atoms with E-state index in [2.05, 4.69) is 10.00 Å². The van der Waals surface area contributed by atoms with Crippen LogP contribution in [0.15, 0.2) is 6.20 Å². The fraction of sp³-hybridized carbons (Fsp3) is 0.769. The summed E-state index contributed by atoms with van der Waals surface area (Å²) in [7, 11) is 7.22. The van der Waals surface area contributed by atoms with E-state index in [9.17, 15) is 5.11 Å². The second-order valence-electron chi connectivity index (χ2n) is 5.10. The maximum atomic E-state index is 10.6. The summed E-state index contributed by atoms with van der Waals surface area (Å²) in [6.07, 6.45) is 2.14. The van der Waals surface area contributed by atoms with E-state index in [1.54, 1.807) is 32.0 Å². The molecule has 1 N–H and O–H groups in total. The summed E-state index contributed by atoms with van der Waals surface area (Å²) in [4.78, 5) is 2.07. The second kappa shape index (κ2) is 6.88. The number of likely N-dealkylation sites (N-methyl/N-ethyl adjacent to an activating group) is 1. The molecule has 1 atom stereocenters. The second-order valence-corrected chi connectivity index (χ2v) is 5.10. The molecule has 19 heavy (non-hydrogen) atoms. The van der Waals surface area contributed by atoms with E-state index in [1.807, 2.05) is 14.1 Å². The highest BCUT2D eigenvalue weighted by Gasteiger charge is 2.31. The molecule has 1 aromatic heterocycles. The van der Waals surface area contributed by atoms with Crippen molar-refractivity contribution in [2.75, 3.05) is 41.5 Å². The van der Waals surface area contributed by atoms with Crippen LogP contribution in [0.25, 0.3) is 0 Å². The number of rotatable bonds is 8. The molecular weight excluding hydrogens is 246 g/mol. The lowest BCUT2D eigenvalue weighted by atomic mass is 9.97. The molecule has 6 nitrogen and oxygen atoms in total. The minimum atomic E-state index is -1.02. The SMILES string of the molecule is COCCC(C)(O)c1c(OC)cnn1CCN(C)C. The third-order valence-corrected chi connectivity index (χ3v) is 3.09. The van der Waals surface area contributed by atoms with E-state index in [1.165, 1.54) is 0 Å². The summed E-state index contributed by atoms with van der Waals surface area (Å²) in [5.74, 6) is 0.611. The molecule has 0 aliphatic heterocycles. The lowest BCUT2D eigenvalue weighted by Crippen LogP contribution is -2.29. The Morgan fingerprint density at radius 2 is 2.11 bits per heavy atom. The predicted molar refractivity (Wildman–Crippen MR) is 73.4 cm³/mol. The topological polar surface area (TPSA) is 59.8 Å². The van der Waals surface area contributed by atoms with Gasteiger partial charge < -0.3 is 19.5 Å². The van der Waals surface area contributed by atoms with Gasteiger partial charge >= 0.3 is 0 Å². The Hall–Kier alpha value is -1.11. The number of methoxy groups -OCH3 is 2. The number of aromatic nitrogens is 2. The third kappa shape index (κ3) is 4.19. The number of hydrogen-bond donors (Lipinski definition) is 1. The minimum absolute atomic E-state index is 0.481. The van der Waals surface area contributed by atoms with E-state index in [-0.39, 0.29) is 0 Å². The van der Waals surface area contributed by atoms with Gasteiger partial charge in [-0.3, -0.25) is 4.68 Å². The molecule has 1 rings (SSSR count). The Balaban J connectivity index is 2.97. The Labute approximate surface area is 114 Å². The number of ether oxygens (including phenoxy) is 2. The number of aliphatic hydroxyl groups is 1. The number of nitrogens with zero attached hydrogens (tertiary/aromatic N) is 3. The fourth-order valence-electron chi connectivity index (χ4n) is 1.94.